The number of ether oxygens (including phenoxy) is 2. The van der Waals surface area contributed by atoms with Crippen molar-refractivity contribution in [2.75, 3.05) is 13.3 Å². The second-order valence-corrected chi connectivity index (χ2v) is 11.0. The van der Waals surface area contributed by atoms with Gasteiger partial charge in [0.05, 0.1) is 16.4 Å². The third-order valence-corrected chi connectivity index (χ3v) is 7.54. The normalized spacial score (nSPS) is 12.3. The van der Waals surface area contributed by atoms with E-state index in [2.05, 4.69) is 20.6 Å². The van der Waals surface area contributed by atoms with Gasteiger partial charge in [-0.05, 0) is 35.9 Å². The number of hydrogen-bond donors (Lipinski definition) is 3. The summed E-state index contributed by atoms with van der Waals surface area (Å²) in [5, 5.41) is 24.9. The fourth-order valence-electron chi connectivity index (χ4n) is 3.44. The number of thiazole rings is 1. The number of amides is 1. The van der Waals surface area contributed by atoms with Gasteiger partial charge in [-0.1, -0.05) is 17.3 Å². The quantitative estimate of drug-likeness (QED) is 0.208. The molecule has 0 saturated heterocycles. The molecule has 2 aromatic carbocycles. The minimum absolute atomic E-state index is 0.0107. The van der Waals surface area contributed by atoms with Gasteiger partial charge in [-0.25, -0.2) is 32.4 Å². The Morgan fingerprint density at radius 2 is 1.90 bits per heavy atom. The molecular weight excluding hydrogens is 555 g/mol. The Morgan fingerprint density at radius 1 is 1.15 bits per heavy atom. The van der Waals surface area contributed by atoms with Crippen LogP contribution >= 0.6 is 11.3 Å². The van der Waals surface area contributed by atoms with Crippen LogP contribution in [0, 0.1) is 0 Å². The highest BCUT2D eigenvalue weighted by molar-refractivity contribution is 7.91. The number of sulfonamides is 1. The number of nitrogens with two attached hydrogens (primary N) is 1. The van der Waals surface area contributed by atoms with Crippen LogP contribution in [0.2, 0.25) is 0 Å². The molecule has 0 aliphatic heterocycles. The van der Waals surface area contributed by atoms with Crippen LogP contribution in [0.1, 0.15) is 11.3 Å². The van der Waals surface area contributed by atoms with Crippen LogP contribution < -0.4 is 19.9 Å². The first-order valence-corrected chi connectivity index (χ1v) is 13.7. The number of aromatic nitrogens is 4. The summed E-state index contributed by atoms with van der Waals surface area (Å²) in [7, 11) is -3.91. The maximum absolute atomic E-state index is 12.5. The molecular formula is C23H23FN6O7S2. The van der Waals surface area contributed by atoms with E-state index in [1.54, 1.807) is 42.5 Å². The van der Waals surface area contributed by atoms with Crippen LogP contribution in [0.25, 0.3) is 10.2 Å². The highest BCUT2D eigenvalue weighted by Gasteiger charge is 2.21. The van der Waals surface area contributed by atoms with E-state index in [9.17, 15) is 27.5 Å². The van der Waals surface area contributed by atoms with Gasteiger partial charge in [0.2, 0.25) is 10.2 Å². The molecule has 0 aliphatic carbocycles. The Morgan fingerprint density at radius 3 is 2.59 bits per heavy atom. The first-order valence-electron chi connectivity index (χ1n) is 11.4. The predicted octanol–water partition coefficient (Wildman–Crippen LogP) is 1.27. The number of nitrogens with zero attached hydrogens (tertiary/aromatic N) is 4. The molecule has 0 aliphatic rings. The van der Waals surface area contributed by atoms with E-state index in [0.717, 1.165) is 11.3 Å². The highest BCUT2D eigenvalue weighted by Crippen LogP contribution is 2.28. The van der Waals surface area contributed by atoms with Crippen molar-refractivity contribution in [1.82, 2.24) is 25.3 Å². The lowest BCUT2D eigenvalue weighted by molar-refractivity contribution is -0.141. The Bertz CT molecular complexity index is 1570. The standard InChI is InChI=1S/C23H23FN6O7S2/c24-7-8-36-16-3-1-14(2-4-16)9-19(22(32)33)26-21(31)12-30-11-15(28-29-30)13-37-17-5-6-18-20(10-17)38-23(27-18)39(25,34)35/h1-6,10-11,19H,7-9,12-13H2,(H,26,31)(H,32,33)(H2,25,34,35). The number of carboxylic acid groups (broad SMARTS) is 1. The van der Waals surface area contributed by atoms with Crippen LogP contribution in [0.4, 0.5) is 4.39 Å². The molecule has 4 aromatic rings. The maximum Gasteiger partial charge on any atom is 0.326 e. The number of nitrogens with one attached hydrogen (secondary N) is 1. The van der Waals surface area contributed by atoms with Gasteiger partial charge in [-0.2, -0.15) is 0 Å². The number of halogens is 1. The van der Waals surface area contributed by atoms with E-state index in [-0.39, 0.29) is 30.5 Å². The molecule has 13 nitrogen and oxygen atoms in total. The fourth-order valence-corrected chi connectivity index (χ4v) is 5.12. The summed E-state index contributed by atoms with van der Waals surface area (Å²) >= 11 is 0.921. The van der Waals surface area contributed by atoms with E-state index in [1.807, 2.05) is 0 Å². The first kappa shape index (κ1) is 27.9. The number of fused-ring (bicyclic) bond motifs is 1. The number of aliphatic carboxylic acids is 1. The van der Waals surface area contributed by atoms with Crippen molar-refractivity contribution < 1.29 is 37.0 Å². The SMILES string of the molecule is NS(=O)(=O)c1nc2ccc(OCc3cn(CC(=O)NC(Cc4ccc(OCCF)cc4)C(=O)O)nn3)cc2s1. The van der Waals surface area contributed by atoms with Crippen molar-refractivity contribution in [3.05, 3.63) is 59.9 Å². The average molecular weight is 579 g/mol. The van der Waals surface area contributed by atoms with Gasteiger partial charge in [-0.15, -0.1) is 16.4 Å². The van der Waals surface area contributed by atoms with E-state index in [0.29, 0.717) is 33.0 Å². The van der Waals surface area contributed by atoms with Gasteiger partial charge in [0.1, 0.15) is 49.7 Å². The first-order chi connectivity index (χ1) is 18.6. The molecule has 0 fully saturated rings. The van der Waals surface area contributed by atoms with Crippen molar-refractivity contribution in [1.29, 1.82) is 0 Å². The van der Waals surface area contributed by atoms with Gasteiger partial charge in [-0.3, -0.25) is 4.79 Å². The van der Waals surface area contributed by atoms with Crippen LogP contribution in [0.3, 0.4) is 0 Å². The predicted molar refractivity (Wildman–Crippen MR) is 137 cm³/mol. The van der Waals surface area contributed by atoms with Gasteiger partial charge in [0, 0.05) is 6.42 Å². The molecule has 206 valence electrons. The smallest absolute Gasteiger partial charge is 0.326 e. The number of primary sulfonamides is 1. The molecule has 4 rings (SSSR count). The lowest BCUT2D eigenvalue weighted by Gasteiger charge is -2.15. The monoisotopic (exact) mass is 578 g/mol. The van der Waals surface area contributed by atoms with Crippen molar-refractivity contribution >= 4 is 43.5 Å². The van der Waals surface area contributed by atoms with Crippen LogP contribution in [0.5, 0.6) is 11.5 Å². The summed E-state index contributed by atoms with van der Waals surface area (Å²) in [5.41, 5.74) is 1.52. The zero-order valence-electron chi connectivity index (χ0n) is 20.2. The molecule has 1 unspecified atom stereocenters. The second-order valence-electron chi connectivity index (χ2n) is 8.19. The van der Waals surface area contributed by atoms with E-state index < -0.39 is 34.6 Å². The summed E-state index contributed by atoms with van der Waals surface area (Å²) < 4.78 is 47.7. The number of carbonyl (C=O) groups excluding carboxylic acids is 1. The molecule has 0 saturated carbocycles. The van der Waals surface area contributed by atoms with Crippen molar-refractivity contribution in [2.24, 2.45) is 5.14 Å². The number of alkyl halides is 1. The van der Waals surface area contributed by atoms with Crippen molar-refractivity contribution in [2.45, 2.75) is 30.0 Å². The topological polar surface area (TPSA) is 189 Å². The third-order valence-electron chi connectivity index (χ3n) is 5.20. The Hall–Kier alpha value is -4.15. The molecule has 2 heterocycles. The summed E-state index contributed by atoms with van der Waals surface area (Å²) in [4.78, 5) is 28.1. The number of rotatable bonds is 13. The van der Waals surface area contributed by atoms with Gasteiger partial charge in [0.25, 0.3) is 10.0 Å². The summed E-state index contributed by atoms with van der Waals surface area (Å²) in [6.07, 6.45) is 1.51. The molecule has 0 radical (unpaired) electrons. The number of benzene rings is 2. The minimum atomic E-state index is -3.91. The van der Waals surface area contributed by atoms with Gasteiger partial charge >= 0.3 is 5.97 Å². The molecule has 16 heteroatoms. The Labute approximate surface area is 225 Å². The van der Waals surface area contributed by atoms with Crippen molar-refractivity contribution in [3.63, 3.8) is 0 Å². The number of carbonyl (C=O) groups is 2. The lowest BCUT2D eigenvalue weighted by atomic mass is 10.1. The maximum atomic E-state index is 12.5. The van der Waals surface area contributed by atoms with E-state index in [4.69, 9.17) is 14.6 Å². The fraction of sp³-hybridized carbons (Fsp3) is 0.261. The van der Waals surface area contributed by atoms with E-state index >= 15 is 0 Å². The highest BCUT2D eigenvalue weighted by atomic mass is 32.2. The van der Waals surface area contributed by atoms with Crippen LogP contribution in [-0.4, -0.2) is 64.7 Å². The van der Waals surface area contributed by atoms with E-state index in [1.165, 1.54) is 10.9 Å². The van der Waals surface area contributed by atoms with Crippen LogP contribution in [0.15, 0.2) is 53.0 Å². The minimum Gasteiger partial charge on any atom is -0.491 e. The summed E-state index contributed by atoms with van der Waals surface area (Å²) in [5.74, 6) is -0.892. The van der Waals surface area contributed by atoms with Crippen molar-refractivity contribution in [3.8, 4) is 11.5 Å². The lowest BCUT2D eigenvalue weighted by Crippen LogP contribution is -2.43. The molecule has 4 N–H and O–H groups in total. The van der Waals surface area contributed by atoms with Gasteiger partial charge < -0.3 is 19.9 Å². The molecule has 0 bridgehead atoms. The number of carboxylic acids is 1. The molecule has 2 aromatic heterocycles. The molecule has 1 amide bonds. The third kappa shape index (κ3) is 7.68. The second kappa shape index (κ2) is 12.1. The Balaban J connectivity index is 1.30. The zero-order valence-corrected chi connectivity index (χ0v) is 21.8. The molecule has 1 atom stereocenters. The summed E-state index contributed by atoms with van der Waals surface area (Å²) in [6.45, 7) is -0.950. The van der Waals surface area contributed by atoms with Crippen LogP contribution in [-0.2, 0) is 39.2 Å². The van der Waals surface area contributed by atoms with Gasteiger partial charge in [0.15, 0.2) is 0 Å². The largest absolute Gasteiger partial charge is 0.491 e. The average Bonchev–Trinajstić information content (AvgIpc) is 3.53. The zero-order chi connectivity index (χ0) is 28.0. The Kier molecular flexibility index (Phi) is 8.68. The molecule has 0 spiro atoms. The number of hydrogen-bond acceptors (Lipinski definition) is 10. The molecule has 39 heavy (non-hydrogen) atoms. The summed E-state index contributed by atoms with van der Waals surface area (Å²) in [6, 6.07) is 10.1.